The van der Waals surface area contributed by atoms with E-state index >= 15 is 0 Å². The van der Waals surface area contributed by atoms with Crippen LogP contribution in [0.5, 0.6) is 11.5 Å². The Morgan fingerprint density at radius 2 is 1.08 bits per heavy atom. The average Bonchev–Trinajstić information content (AvgIpc) is 2.53. The highest BCUT2D eigenvalue weighted by Crippen LogP contribution is 2.37. The Kier molecular flexibility index (Phi) is 5.67. The van der Waals surface area contributed by atoms with Crippen molar-refractivity contribution in [1.29, 1.82) is 0 Å². The molecule has 2 saturated carbocycles. The van der Waals surface area contributed by atoms with Crippen molar-refractivity contribution in [2.24, 2.45) is 0 Å². The van der Waals surface area contributed by atoms with E-state index in [4.69, 9.17) is 18.9 Å². The Morgan fingerprint density at radius 1 is 0.708 bits per heavy atom. The Labute approximate surface area is 145 Å². The SMILES string of the molecule is CCOC1(COc2ccc(OCC3(OCC)CCC3)cc2)CCC1. The average molecular weight is 334 g/mol. The van der Waals surface area contributed by atoms with E-state index in [1.165, 1.54) is 12.8 Å². The minimum absolute atomic E-state index is 0.0575. The van der Waals surface area contributed by atoms with Crippen LogP contribution < -0.4 is 9.47 Å². The molecule has 4 nitrogen and oxygen atoms in total. The van der Waals surface area contributed by atoms with E-state index in [-0.39, 0.29) is 11.2 Å². The summed E-state index contributed by atoms with van der Waals surface area (Å²) in [7, 11) is 0. The molecule has 134 valence electrons. The first-order chi connectivity index (χ1) is 11.7. The lowest BCUT2D eigenvalue weighted by atomic mass is 9.80. The van der Waals surface area contributed by atoms with Crippen molar-refractivity contribution in [3.63, 3.8) is 0 Å². The summed E-state index contributed by atoms with van der Waals surface area (Å²) in [5.41, 5.74) is -0.115. The molecule has 2 aliphatic rings. The second-order valence-corrected chi connectivity index (χ2v) is 6.99. The third-order valence-corrected chi connectivity index (χ3v) is 5.26. The van der Waals surface area contributed by atoms with Gasteiger partial charge in [0.05, 0.1) is 0 Å². The van der Waals surface area contributed by atoms with Crippen molar-refractivity contribution in [2.75, 3.05) is 26.4 Å². The third-order valence-electron chi connectivity index (χ3n) is 5.26. The predicted octanol–water partition coefficient (Wildman–Crippen LogP) is 4.36. The first-order valence-electron chi connectivity index (χ1n) is 9.33. The number of hydrogen-bond donors (Lipinski definition) is 0. The quantitative estimate of drug-likeness (QED) is 0.637. The van der Waals surface area contributed by atoms with E-state index in [1.807, 2.05) is 38.1 Å². The smallest absolute Gasteiger partial charge is 0.119 e. The maximum atomic E-state index is 5.93. The topological polar surface area (TPSA) is 36.9 Å². The molecule has 3 rings (SSSR count). The Morgan fingerprint density at radius 3 is 1.33 bits per heavy atom. The monoisotopic (exact) mass is 334 g/mol. The molecule has 0 unspecified atom stereocenters. The van der Waals surface area contributed by atoms with Crippen LogP contribution >= 0.6 is 0 Å². The van der Waals surface area contributed by atoms with Gasteiger partial charge in [0.15, 0.2) is 0 Å². The molecule has 2 fully saturated rings. The van der Waals surface area contributed by atoms with Crippen molar-refractivity contribution in [2.45, 2.75) is 63.6 Å². The summed E-state index contributed by atoms with van der Waals surface area (Å²) in [4.78, 5) is 0. The maximum absolute atomic E-state index is 5.93. The highest BCUT2D eigenvalue weighted by molar-refractivity contribution is 5.31. The Bertz CT molecular complexity index is 456. The van der Waals surface area contributed by atoms with E-state index < -0.39 is 0 Å². The van der Waals surface area contributed by atoms with Gasteiger partial charge in [-0.15, -0.1) is 0 Å². The van der Waals surface area contributed by atoms with Gasteiger partial charge in [0.1, 0.15) is 35.9 Å². The summed E-state index contributed by atoms with van der Waals surface area (Å²) >= 11 is 0. The Balaban J connectivity index is 1.46. The van der Waals surface area contributed by atoms with Crippen molar-refractivity contribution in [3.8, 4) is 11.5 Å². The van der Waals surface area contributed by atoms with Crippen LogP contribution in [0.2, 0.25) is 0 Å². The number of rotatable bonds is 10. The molecule has 0 aromatic heterocycles. The highest BCUT2D eigenvalue weighted by atomic mass is 16.5. The molecule has 2 aliphatic carbocycles. The van der Waals surface area contributed by atoms with Gasteiger partial charge in [-0.3, -0.25) is 0 Å². The van der Waals surface area contributed by atoms with Gasteiger partial charge in [0.2, 0.25) is 0 Å². The third kappa shape index (κ3) is 4.04. The fourth-order valence-electron chi connectivity index (χ4n) is 3.48. The lowest BCUT2D eigenvalue weighted by Gasteiger charge is -2.41. The highest BCUT2D eigenvalue weighted by Gasteiger charge is 2.39. The van der Waals surface area contributed by atoms with Gasteiger partial charge in [-0.2, -0.15) is 0 Å². The van der Waals surface area contributed by atoms with E-state index in [1.54, 1.807) is 0 Å². The summed E-state index contributed by atoms with van der Waals surface area (Å²) in [6.45, 7) is 6.85. The van der Waals surface area contributed by atoms with E-state index in [0.717, 1.165) is 50.4 Å². The normalized spacial score (nSPS) is 20.8. The predicted molar refractivity (Wildman–Crippen MR) is 93.8 cm³/mol. The molecule has 0 saturated heterocycles. The standard InChI is InChI=1S/C20H30O4/c1-3-23-19(11-5-12-19)15-21-17-7-9-18(10-8-17)22-16-20(24-4-2)13-6-14-20/h7-10H,3-6,11-16H2,1-2H3. The van der Waals surface area contributed by atoms with Gasteiger partial charge in [-0.25, -0.2) is 0 Å². The molecular formula is C20H30O4. The number of benzene rings is 1. The van der Waals surface area contributed by atoms with Crippen molar-refractivity contribution in [3.05, 3.63) is 24.3 Å². The molecule has 0 atom stereocenters. The molecule has 0 N–H and O–H groups in total. The molecule has 0 spiro atoms. The first-order valence-corrected chi connectivity index (χ1v) is 9.33. The minimum atomic E-state index is -0.0575. The first kappa shape index (κ1) is 17.6. The summed E-state index contributed by atoms with van der Waals surface area (Å²) in [5, 5.41) is 0. The summed E-state index contributed by atoms with van der Waals surface area (Å²) < 4.78 is 23.6. The fraction of sp³-hybridized carbons (Fsp3) is 0.700. The summed E-state index contributed by atoms with van der Waals surface area (Å²) in [6.07, 6.45) is 6.86. The minimum Gasteiger partial charge on any atom is -0.491 e. The van der Waals surface area contributed by atoms with E-state index in [0.29, 0.717) is 13.2 Å². The zero-order chi connectivity index (χ0) is 16.9. The second kappa shape index (κ2) is 7.75. The van der Waals surface area contributed by atoms with Gasteiger partial charge < -0.3 is 18.9 Å². The lowest BCUT2D eigenvalue weighted by Crippen LogP contribution is -2.45. The zero-order valence-electron chi connectivity index (χ0n) is 15.0. The van der Waals surface area contributed by atoms with Crippen LogP contribution in [0.15, 0.2) is 24.3 Å². The zero-order valence-corrected chi connectivity index (χ0v) is 15.0. The second-order valence-electron chi connectivity index (χ2n) is 6.99. The number of hydrogen-bond acceptors (Lipinski definition) is 4. The molecule has 0 radical (unpaired) electrons. The van der Waals surface area contributed by atoms with Crippen LogP contribution in [-0.4, -0.2) is 37.6 Å². The molecule has 0 amide bonds. The summed E-state index contributed by atoms with van der Waals surface area (Å²) in [6, 6.07) is 7.90. The van der Waals surface area contributed by atoms with E-state index in [2.05, 4.69) is 0 Å². The van der Waals surface area contributed by atoms with Gasteiger partial charge >= 0.3 is 0 Å². The van der Waals surface area contributed by atoms with Gasteiger partial charge in [-0.05, 0) is 76.6 Å². The van der Waals surface area contributed by atoms with Crippen LogP contribution in [0.25, 0.3) is 0 Å². The van der Waals surface area contributed by atoms with Crippen molar-refractivity contribution < 1.29 is 18.9 Å². The molecule has 24 heavy (non-hydrogen) atoms. The largest absolute Gasteiger partial charge is 0.491 e. The van der Waals surface area contributed by atoms with E-state index in [9.17, 15) is 0 Å². The van der Waals surface area contributed by atoms with Crippen LogP contribution in [0.4, 0.5) is 0 Å². The van der Waals surface area contributed by atoms with Crippen LogP contribution in [-0.2, 0) is 9.47 Å². The lowest BCUT2D eigenvalue weighted by molar-refractivity contribution is -0.118. The van der Waals surface area contributed by atoms with Crippen molar-refractivity contribution >= 4 is 0 Å². The Hall–Kier alpha value is -1.26. The van der Waals surface area contributed by atoms with Crippen LogP contribution in [0.1, 0.15) is 52.4 Å². The van der Waals surface area contributed by atoms with Gasteiger partial charge in [-0.1, -0.05) is 0 Å². The molecule has 0 heterocycles. The molecular weight excluding hydrogens is 304 g/mol. The number of ether oxygens (including phenoxy) is 4. The molecule has 4 heteroatoms. The van der Waals surface area contributed by atoms with Crippen molar-refractivity contribution in [1.82, 2.24) is 0 Å². The fourth-order valence-corrected chi connectivity index (χ4v) is 3.48. The molecule has 0 aliphatic heterocycles. The molecule has 1 aromatic carbocycles. The van der Waals surface area contributed by atoms with Gasteiger partial charge in [0, 0.05) is 13.2 Å². The molecule has 0 bridgehead atoms. The summed E-state index contributed by atoms with van der Waals surface area (Å²) in [5.74, 6) is 1.74. The van der Waals surface area contributed by atoms with Crippen LogP contribution in [0.3, 0.4) is 0 Å². The maximum Gasteiger partial charge on any atom is 0.119 e. The molecule has 1 aromatic rings. The van der Waals surface area contributed by atoms with Gasteiger partial charge in [0.25, 0.3) is 0 Å². The van der Waals surface area contributed by atoms with Crippen LogP contribution in [0, 0.1) is 0 Å².